The second-order valence-electron chi connectivity index (χ2n) is 6.79. The van der Waals surface area contributed by atoms with Crippen LogP contribution in [-0.4, -0.2) is 42.9 Å². The van der Waals surface area contributed by atoms with Gasteiger partial charge >= 0.3 is 0 Å². The zero-order valence-corrected chi connectivity index (χ0v) is 16.4. The lowest BCUT2D eigenvalue weighted by molar-refractivity contribution is -0.129. The van der Waals surface area contributed by atoms with Crippen LogP contribution in [0.4, 0.5) is 5.00 Å². The Morgan fingerprint density at radius 3 is 2.30 bits per heavy atom. The number of hydrogen-bond acceptors (Lipinski definition) is 5. The summed E-state index contributed by atoms with van der Waals surface area (Å²) in [4.78, 5) is 28.4. The van der Waals surface area contributed by atoms with E-state index in [4.69, 9.17) is 5.84 Å². The maximum Gasteiger partial charge on any atom is 0.238 e. The number of hydrazine groups is 1. The van der Waals surface area contributed by atoms with Crippen molar-refractivity contribution in [3.8, 4) is 0 Å². The highest BCUT2D eigenvalue weighted by molar-refractivity contribution is 7.16. The summed E-state index contributed by atoms with van der Waals surface area (Å²) in [5, 5.41) is 1.29. The number of hydrogen-bond donors (Lipinski definition) is 2. The first kappa shape index (κ1) is 19.4. The van der Waals surface area contributed by atoms with Crippen molar-refractivity contribution >= 4 is 28.2 Å². The summed E-state index contributed by atoms with van der Waals surface area (Å²) >= 11 is 1.84. The molecular weight excluding hydrogens is 360 g/mol. The van der Waals surface area contributed by atoms with E-state index in [0.29, 0.717) is 6.42 Å². The van der Waals surface area contributed by atoms with Gasteiger partial charge < -0.3 is 9.80 Å². The van der Waals surface area contributed by atoms with E-state index in [1.54, 1.807) is 6.92 Å². The highest BCUT2D eigenvalue weighted by Gasteiger charge is 2.19. The quantitative estimate of drug-likeness (QED) is 0.450. The Morgan fingerprint density at radius 2 is 1.67 bits per heavy atom. The van der Waals surface area contributed by atoms with E-state index in [1.165, 1.54) is 15.4 Å². The Hall–Kier alpha value is -2.38. The topological polar surface area (TPSA) is 78.7 Å². The van der Waals surface area contributed by atoms with E-state index in [0.717, 1.165) is 44.6 Å². The fourth-order valence-electron chi connectivity index (χ4n) is 3.24. The zero-order chi connectivity index (χ0) is 19.2. The van der Waals surface area contributed by atoms with Crippen molar-refractivity contribution in [3.05, 3.63) is 52.4 Å². The molecule has 0 spiro atoms. The normalized spacial score (nSPS) is 14.3. The number of nitrogens with one attached hydrogen (secondary N) is 1. The van der Waals surface area contributed by atoms with Crippen LogP contribution < -0.4 is 16.2 Å². The molecule has 0 aliphatic carbocycles. The number of carbonyl (C=O) groups excluding carboxylic acids is 2. The number of piperazine rings is 1. The van der Waals surface area contributed by atoms with Crippen LogP contribution in [0.2, 0.25) is 0 Å². The zero-order valence-electron chi connectivity index (χ0n) is 15.6. The van der Waals surface area contributed by atoms with Crippen molar-refractivity contribution in [1.29, 1.82) is 0 Å². The second-order valence-corrected chi connectivity index (χ2v) is 7.94. The first-order valence-corrected chi connectivity index (χ1v) is 10.0. The smallest absolute Gasteiger partial charge is 0.238 e. The third-order valence-electron chi connectivity index (χ3n) is 4.89. The number of aryl methyl sites for hydroxylation is 2. The average molecular weight is 387 g/mol. The molecule has 6 nitrogen and oxygen atoms in total. The highest BCUT2D eigenvalue weighted by Crippen LogP contribution is 2.28. The van der Waals surface area contributed by atoms with Crippen molar-refractivity contribution in [2.75, 3.05) is 31.1 Å². The molecule has 1 saturated heterocycles. The van der Waals surface area contributed by atoms with Gasteiger partial charge in [0.15, 0.2) is 0 Å². The fourth-order valence-corrected chi connectivity index (χ4v) is 4.30. The van der Waals surface area contributed by atoms with Gasteiger partial charge in [0, 0.05) is 38.0 Å². The molecule has 1 aliphatic heterocycles. The molecule has 0 bridgehead atoms. The van der Waals surface area contributed by atoms with E-state index in [9.17, 15) is 9.59 Å². The van der Waals surface area contributed by atoms with Gasteiger partial charge in [-0.1, -0.05) is 24.3 Å². The average Bonchev–Trinajstić information content (AvgIpc) is 3.16. The Balaban J connectivity index is 1.50. The summed E-state index contributed by atoms with van der Waals surface area (Å²) in [7, 11) is 0. The van der Waals surface area contributed by atoms with Crippen LogP contribution in [0.3, 0.4) is 0 Å². The summed E-state index contributed by atoms with van der Waals surface area (Å²) in [6, 6.07) is 12.5. The molecule has 2 heterocycles. The predicted octanol–water partition coefficient (Wildman–Crippen LogP) is 1.73. The second kappa shape index (κ2) is 9.01. The summed E-state index contributed by atoms with van der Waals surface area (Å²) in [5.41, 5.74) is 4.37. The summed E-state index contributed by atoms with van der Waals surface area (Å²) in [5.74, 6) is 5.10. The van der Waals surface area contributed by atoms with Gasteiger partial charge in [-0.3, -0.25) is 15.0 Å². The van der Waals surface area contributed by atoms with E-state index in [1.807, 2.05) is 28.4 Å². The van der Waals surface area contributed by atoms with Gasteiger partial charge in [0.2, 0.25) is 11.8 Å². The van der Waals surface area contributed by atoms with Crippen molar-refractivity contribution in [2.24, 2.45) is 5.84 Å². The molecular formula is C20H26N4O2S. The highest BCUT2D eigenvalue weighted by atomic mass is 32.1. The largest absolute Gasteiger partial charge is 0.360 e. The van der Waals surface area contributed by atoms with Crippen molar-refractivity contribution in [2.45, 2.75) is 26.2 Å². The summed E-state index contributed by atoms with van der Waals surface area (Å²) in [6.45, 7) is 5.04. The van der Waals surface area contributed by atoms with Crippen LogP contribution in [-0.2, 0) is 28.9 Å². The third kappa shape index (κ3) is 5.30. The van der Waals surface area contributed by atoms with Crippen LogP contribution in [0.5, 0.6) is 0 Å². The molecule has 144 valence electrons. The van der Waals surface area contributed by atoms with Crippen molar-refractivity contribution in [3.63, 3.8) is 0 Å². The molecule has 0 atom stereocenters. The summed E-state index contributed by atoms with van der Waals surface area (Å²) in [6.07, 6.45) is 2.28. The lowest BCUT2D eigenvalue weighted by Crippen LogP contribution is -2.47. The Morgan fingerprint density at radius 1 is 1.00 bits per heavy atom. The van der Waals surface area contributed by atoms with E-state index in [2.05, 4.69) is 34.6 Å². The molecule has 1 fully saturated rings. The van der Waals surface area contributed by atoms with Crippen LogP contribution in [0, 0.1) is 0 Å². The molecule has 1 aromatic heterocycles. The first-order chi connectivity index (χ1) is 13.0. The third-order valence-corrected chi connectivity index (χ3v) is 6.10. The van der Waals surface area contributed by atoms with Crippen LogP contribution in [0.25, 0.3) is 0 Å². The van der Waals surface area contributed by atoms with E-state index < -0.39 is 0 Å². The van der Waals surface area contributed by atoms with Crippen molar-refractivity contribution in [1.82, 2.24) is 10.3 Å². The maximum atomic E-state index is 11.4. The molecule has 1 aliphatic rings. The molecule has 0 radical (unpaired) electrons. The number of anilines is 1. The maximum absolute atomic E-state index is 11.4. The lowest BCUT2D eigenvalue weighted by atomic mass is 10.1. The minimum Gasteiger partial charge on any atom is -0.360 e. The molecule has 0 saturated carbocycles. The molecule has 0 unspecified atom stereocenters. The fraction of sp³-hybridized carbons (Fsp3) is 0.400. The number of carbonyl (C=O) groups is 2. The van der Waals surface area contributed by atoms with Gasteiger partial charge in [0.05, 0.1) is 11.4 Å². The van der Waals surface area contributed by atoms with Gasteiger partial charge in [-0.2, -0.15) is 0 Å². The van der Waals surface area contributed by atoms with Gasteiger partial charge in [0.25, 0.3) is 0 Å². The Labute approximate surface area is 163 Å². The minimum atomic E-state index is -0.182. The number of thiophene rings is 1. The molecule has 3 rings (SSSR count). The minimum absolute atomic E-state index is 0.163. The molecule has 1 aromatic carbocycles. The molecule has 27 heavy (non-hydrogen) atoms. The van der Waals surface area contributed by atoms with Gasteiger partial charge in [-0.25, -0.2) is 5.84 Å². The molecule has 3 N–H and O–H groups in total. The van der Waals surface area contributed by atoms with Crippen LogP contribution in [0.15, 0.2) is 36.4 Å². The van der Waals surface area contributed by atoms with Crippen LogP contribution in [0.1, 0.15) is 22.9 Å². The standard InChI is InChI=1S/C20H26N4O2S/c1-15(25)23-10-12-24(13-11-23)20-9-8-18(27-20)7-6-16-2-4-17(5-3-16)14-19(26)22-21/h2-5,8-9H,6-7,10-14,21H2,1H3,(H,22,26). The molecule has 2 aromatic rings. The molecule has 7 heteroatoms. The van der Waals surface area contributed by atoms with Gasteiger partial charge in [-0.15, -0.1) is 11.3 Å². The number of nitrogens with two attached hydrogens (primary N) is 1. The number of nitrogens with zero attached hydrogens (tertiary/aromatic N) is 2. The summed E-state index contributed by atoms with van der Waals surface area (Å²) < 4.78 is 0. The molecule has 2 amide bonds. The number of rotatable bonds is 6. The Kier molecular flexibility index (Phi) is 6.47. The predicted molar refractivity (Wildman–Crippen MR) is 109 cm³/mol. The van der Waals surface area contributed by atoms with E-state index >= 15 is 0 Å². The lowest BCUT2D eigenvalue weighted by Gasteiger charge is -2.34. The number of benzene rings is 1. The number of amides is 2. The van der Waals surface area contributed by atoms with Gasteiger partial charge in [0.1, 0.15) is 0 Å². The first-order valence-electron chi connectivity index (χ1n) is 9.21. The SMILES string of the molecule is CC(=O)N1CCN(c2ccc(CCc3ccc(CC(=O)NN)cc3)s2)CC1. The van der Waals surface area contributed by atoms with Gasteiger partial charge in [-0.05, 0) is 36.1 Å². The Bertz CT molecular complexity index is 780. The van der Waals surface area contributed by atoms with Crippen LogP contribution >= 0.6 is 11.3 Å². The van der Waals surface area contributed by atoms with E-state index in [-0.39, 0.29) is 11.8 Å². The van der Waals surface area contributed by atoms with Crippen molar-refractivity contribution < 1.29 is 9.59 Å². The monoisotopic (exact) mass is 386 g/mol.